The number of nitrogens with one attached hydrogen (secondary N) is 1. The molecule has 2 bridgehead atoms. The van der Waals surface area contributed by atoms with E-state index in [4.69, 9.17) is 5.10 Å². The molecule has 3 saturated carbocycles. The van der Waals surface area contributed by atoms with Crippen LogP contribution in [-0.2, 0) is 23.1 Å². The average molecular weight is 598 g/mol. The smallest absolute Gasteiger partial charge is 0.256 e. The zero-order valence-corrected chi connectivity index (χ0v) is 23.7. The van der Waals surface area contributed by atoms with E-state index in [1.54, 1.807) is 11.2 Å². The van der Waals surface area contributed by atoms with E-state index in [2.05, 4.69) is 61.4 Å². The van der Waals surface area contributed by atoms with Crippen molar-refractivity contribution >= 4 is 38.8 Å². The molecule has 40 heavy (non-hydrogen) atoms. The summed E-state index contributed by atoms with van der Waals surface area (Å²) in [6.07, 6.45) is 8.30. The van der Waals surface area contributed by atoms with Crippen LogP contribution in [0.25, 0.3) is 16.7 Å². The van der Waals surface area contributed by atoms with Crippen molar-refractivity contribution in [3.8, 4) is 5.69 Å². The summed E-state index contributed by atoms with van der Waals surface area (Å²) in [4.78, 5) is 38.2. The molecule has 4 aromatic rings. The highest BCUT2D eigenvalue weighted by atomic mass is 79.9. The molecule has 8 nitrogen and oxygen atoms in total. The summed E-state index contributed by atoms with van der Waals surface area (Å²) in [5, 5.41) is 5.11. The van der Waals surface area contributed by atoms with Crippen molar-refractivity contribution in [2.24, 2.45) is 5.92 Å². The number of imidazole rings is 1. The summed E-state index contributed by atoms with van der Waals surface area (Å²) in [6.45, 7) is 5.19. The fourth-order valence-corrected chi connectivity index (χ4v) is 7.93. The highest BCUT2D eigenvalue weighted by molar-refractivity contribution is 9.10. The Morgan fingerprint density at radius 1 is 1.07 bits per heavy atom. The average Bonchev–Trinajstić information content (AvgIpc) is 3.50. The molecule has 2 aromatic heterocycles. The monoisotopic (exact) mass is 596 g/mol. The lowest BCUT2D eigenvalue weighted by atomic mass is 9.42. The number of H-pyrrole nitrogens is 1. The first kappa shape index (κ1) is 24.1. The molecule has 9 rings (SSSR count). The van der Waals surface area contributed by atoms with Gasteiger partial charge in [-0.3, -0.25) is 9.59 Å². The number of carbonyl (C=O) groups excluding carboxylic acids is 2. The van der Waals surface area contributed by atoms with Crippen LogP contribution in [0.15, 0.2) is 59.9 Å². The fourth-order valence-electron chi connectivity index (χ4n) is 7.50. The van der Waals surface area contributed by atoms with Crippen LogP contribution in [0.2, 0.25) is 0 Å². The van der Waals surface area contributed by atoms with E-state index in [1.165, 1.54) is 30.9 Å². The molecule has 3 fully saturated rings. The van der Waals surface area contributed by atoms with E-state index in [0.29, 0.717) is 49.0 Å². The summed E-state index contributed by atoms with van der Waals surface area (Å²) >= 11 is 3.54. The molecule has 0 saturated heterocycles. The van der Waals surface area contributed by atoms with Crippen molar-refractivity contribution in [2.75, 3.05) is 19.6 Å². The zero-order chi connectivity index (χ0) is 27.2. The van der Waals surface area contributed by atoms with Crippen LogP contribution in [0, 0.1) is 5.92 Å². The first-order valence-corrected chi connectivity index (χ1v) is 14.8. The Kier molecular flexibility index (Phi) is 5.21. The second-order valence-electron chi connectivity index (χ2n) is 11.7. The van der Waals surface area contributed by atoms with Gasteiger partial charge in [-0.25, -0.2) is 9.67 Å². The van der Waals surface area contributed by atoms with Crippen molar-refractivity contribution in [3.05, 3.63) is 87.9 Å². The fraction of sp³-hybridized carbons (Fsp3) is 0.355. The van der Waals surface area contributed by atoms with Crippen LogP contribution in [0.5, 0.6) is 0 Å². The van der Waals surface area contributed by atoms with E-state index < -0.39 is 0 Å². The molecule has 1 N–H and O–H groups in total. The van der Waals surface area contributed by atoms with Gasteiger partial charge in [0.15, 0.2) is 0 Å². The maximum atomic E-state index is 14.2. The Labute approximate surface area is 240 Å². The molecule has 0 radical (unpaired) electrons. The van der Waals surface area contributed by atoms with Gasteiger partial charge >= 0.3 is 0 Å². The molecule has 202 valence electrons. The predicted octanol–water partition coefficient (Wildman–Crippen LogP) is 4.87. The maximum absolute atomic E-state index is 14.2. The molecule has 0 unspecified atom stereocenters. The summed E-state index contributed by atoms with van der Waals surface area (Å²) in [7, 11) is 0. The Balaban J connectivity index is 1.19. The van der Waals surface area contributed by atoms with E-state index in [0.717, 1.165) is 38.5 Å². The van der Waals surface area contributed by atoms with Crippen molar-refractivity contribution in [1.29, 1.82) is 0 Å². The number of carbonyl (C=O) groups is 2. The van der Waals surface area contributed by atoms with Crippen molar-refractivity contribution in [1.82, 2.24) is 29.5 Å². The minimum Gasteiger partial charge on any atom is -0.344 e. The SMILES string of the molecule is C=CC(=O)N1CCc2nn(-c3ccc(C45CC(C4)C5)cc3)c3c2[C@@H](C1)N(C(=O)c1ccc(Br)c2nc[nH]c12)CC3. The molecule has 3 aliphatic carbocycles. The molecule has 2 aromatic carbocycles. The minimum atomic E-state index is -0.298. The minimum absolute atomic E-state index is 0.0769. The van der Waals surface area contributed by atoms with Crippen LogP contribution in [-0.4, -0.2) is 61.0 Å². The van der Waals surface area contributed by atoms with Gasteiger partial charge in [-0.15, -0.1) is 0 Å². The van der Waals surface area contributed by atoms with Crippen LogP contribution < -0.4 is 0 Å². The van der Waals surface area contributed by atoms with Gasteiger partial charge in [0.1, 0.15) is 5.52 Å². The van der Waals surface area contributed by atoms with Crippen LogP contribution >= 0.6 is 15.9 Å². The van der Waals surface area contributed by atoms with Gasteiger partial charge in [0.05, 0.1) is 40.5 Å². The molecule has 0 spiro atoms. The number of hydrogen-bond donors (Lipinski definition) is 1. The van der Waals surface area contributed by atoms with Crippen LogP contribution in [0.1, 0.15) is 58.2 Å². The first-order valence-electron chi connectivity index (χ1n) is 14.0. The van der Waals surface area contributed by atoms with Gasteiger partial charge in [-0.1, -0.05) is 18.7 Å². The van der Waals surface area contributed by atoms with Crippen LogP contribution in [0.3, 0.4) is 0 Å². The Bertz CT molecular complexity index is 1700. The summed E-state index contributed by atoms with van der Waals surface area (Å²) in [6, 6.07) is 12.4. The Hall–Kier alpha value is -3.72. The van der Waals surface area contributed by atoms with E-state index in [-0.39, 0.29) is 17.9 Å². The third-order valence-electron chi connectivity index (χ3n) is 9.68. The van der Waals surface area contributed by atoms with E-state index in [9.17, 15) is 9.59 Å². The molecular formula is C31H29BrN6O2. The quantitative estimate of drug-likeness (QED) is 0.340. The number of halogens is 1. The van der Waals surface area contributed by atoms with E-state index in [1.807, 2.05) is 17.0 Å². The topological polar surface area (TPSA) is 87.1 Å². The second-order valence-corrected chi connectivity index (χ2v) is 12.6. The number of nitrogens with zero attached hydrogens (tertiary/aromatic N) is 5. The summed E-state index contributed by atoms with van der Waals surface area (Å²) < 4.78 is 2.92. The number of rotatable bonds is 4. The predicted molar refractivity (Wildman–Crippen MR) is 154 cm³/mol. The number of aromatic nitrogens is 4. The van der Waals surface area contributed by atoms with Crippen LogP contribution in [0.4, 0.5) is 0 Å². The largest absolute Gasteiger partial charge is 0.344 e. The lowest BCUT2D eigenvalue weighted by Gasteiger charge is -2.62. The standard InChI is InChI=1S/C31H29BrN6O2/c1-2-26(39)36-11-9-23-27-24(38(35-23)20-5-3-19(4-6-20)31-13-18(14-31)15-31)10-12-37(25(27)16-36)30(40)21-7-8-22(32)29-28(21)33-17-34-29/h2-8,17-18,25H,1,9-16H2,(H,33,34)/t18?,25-,31?/m1/s1. The highest BCUT2D eigenvalue weighted by Crippen LogP contribution is 2.65. The Morgan fingerprint density at radius 3 is 2.60 bits per heavy atom. The van der Waals surface area contributed by atoms with Gasteiger partial charge in [0.2, 0.25) is 5.91 Å². The number of fused-ring (bicyclic) bond motifs is 1. The number of aromatic amines is 1. The van der Waals surface area contributed by atoms with Crippen molar-refractivity contribution in [2.45, 2.75) is 43.6 Å². The lowest BCUT2D eigenvalue weighted by molar-refractivity contribution is -0.126. The maximum Gasteiger partial charge on any atom is 0.256 e. The van der Waals surface area contributed by atoms with Crippen molar-refractivity contribution < 1.29 is 9.59 Å². The van der Waals surface area contributed by atoms with Gasteiger partial charge in [0.25, 0.3) is 5.91 Å². The van der Waals surface area contributed by atoms with Crippen molar-refractivity contribution in [3.63, 3.8) is 0 Å². The summed E-state index contributed by atoms with van der Waals surface area (Å²) in [5.74, 6) is 0.746. The number of amides is 2. The van der Waals surface area contributed by atoms with Gasteiger partial charge in [0, 0.05) is 42.5 Å². The molecule has 9 heteroatoms. The van der Waals surface area contributed by atoms with Gasteiger partial charge in [-0.05, 0) is 82.4 Å². The lowest BCUT2D eigenvalue weighted by Crippen LogP contribution is -2.55. The third kappa shape index (κ3) is 3.36. The third-order valence-corrected chi connectivity index (χ3v) is 10.3. The molecule has 1 atom stereocenters. The number of benzene rings is 2. The second kappa shape index (κ2) is 8.64. The normalized spacial score (nSPS) is 24.6. The van der Waals surface area contributed by atoms with E-state index >= 15 is 0 Å². The number of hydrogen-bond acceptors (Lipinski definition) is 4. The summed E-state index contributed by atoms with van der Waals surface area (Å²) in [5.41, 5.74) is 8.13. The molecule has 2 aliphatic heterocycles. The molecule has 4 heterocycles. The Morgan fingerprint density at radius 2 is 1.88 bits per heavy atom. The highest BCUT2D eigenvalue weighted by Gasteiger charge is 2.57. The zero-order valence-electron chi connectivity index (χ0n) is 22.1. The van der Waals surface area contributed by atoms with Gasteiger partial charge < -0.3 is 14.8 Å². The molecular weight excluding hydrogens is 568 g/mol. The van der Waals surface area contributed by atoms with Gasteiger partial charge in [-0.2, -0.15) is 5.10 Å². The molecule has 2 amide bonds. The first-order chi connectivity index (χ1) is 19.5. The molecule has 5 aliphatic rings.